The van der Waals surface area contributed by atoms with Crippen molar-refractivity contribution in [2.75, 3.05) is 17.4 Å². The summed E-state index contributed by atoms with van der Waals surface area (Å²) in [5.74, 6) is -1.07. The van der Waals surface area contributed by atoms with E-state index in [0.29, 0.717) is 17.1 Å². The summed E-state index contributed by atoms with van der Waals surface area (Å²) in [6, 6.07) is 18.3. The van der Waals surface area contributed by atoms with E-state index in [4.69, 9.17) is 11.6 Å². The van der Waals surface area contributed by atoms with Crippen LogP contribution in [0.15, 0.2) is 83.8 Å². The summed E-state index contributed by atoms with van der Waals surface area (Å²) >= 11 is 6.14. The van der Waals surface area contributed by atoms with Crippen LogP contribution in [-0.4, -0.2) is 49.2 Å². The van der Waals surface area contributed by atoms with E-state index in [2.05, 4.69) is 5.32 Å². The summed E-state index contributed by atoms with van der Waals surface area (Å²) in [6.45, 7) is 3.26. The lowest BCUT2D eigenvalue weighted by atomic mass is 10.1. The minimum Gasteiger partial charge on any atom is -0.354 e. The van der Waals surface area contributed by atoms with Crippen LogP contribution < -0.4 is 9.62 Å². The number of nitro benzene ring substituents is 1. The fourth-order valence-corrected chi connectivity index (χ4v) is 5.60. The molecule has 0 saturated heterocycles. The van der Waals surface area contributed by atoms with Gasteiger partial charge in [-0.15, -0.1) is 0 Å². The molecule has 212 valence electrons. The lowest BCUT2D eigenvalue weighted by Crippen LogP contribution is -2.51. The minimum atomic E-state index is -4.33. The van der Waals surface area contributed by atoms with Gasteiger partial charge in [-0.05, 0) is 49.2 Å². The van der Waals surface area contributed by atoms with Gasteiger partial charge in [0, 0.05) is 30.2 Å². The standard InChI is InChI=1S/C28H31ClN4O6S/c1-3-4-16-30-28(35)21(2)31(19-22-10-8-11-23(29)17-22)27(34)20-32(24-12-9-13-25(18-24)33(36)37)40(38,39)26-14-6-5-7-15-26/h5-15,17-18,21H,3-4,16,19-20H2,1-2H3,(H,30,35)/t21-/m0/s1. The molecule has 0 fully saturated rings. The first-order chi connectivity index (χ1) is 19.0. The zero-order valence-electron chi connectivity index (χ0n) is 22.2. The van der Waals surface area contributed by atoms with Gasteiger partial charge in [0.15, 0.2) is 0 Å². The van der Waals surface area contributed by atoms with E-state index in [0.717, 1.165) is 23.2 Å². The van der Waals surface area contributed by atoms with Crippen LogP contribution in [0.25, 0.3) is 0 Å². The third-order valence-corrected chi connectivity index (χ3v) is 8.20. The Morgan fingerprint density at radius 2 is 1.73 bits per heavy atom. The van der Waals surface area contributed by atoms with Gasteiger partial charge in [0.05, 0.1) is 15.5 Å². The number of sulfonamides is 1. The number of rotatable bonds is 13. The second-order valence-electron chi connectivity index (χ2n) is 9.07. The summed E-state index contributed by atoms with van der Waals surface area (Å²) in [4.78, 5) is 38.8. The number of hydrogen-bond acceptors (Lipinski definition) is 6. The molecule has 3 aromatic rings. The van der Waals surface area contributed by atoms with Crippen LogP contribution in [0.4, 0.5) is 11.4 Å². The van der Waals surface area contributed by atoms with Crippen LogP contribution in [0.5, 0.6) is 0 Å². The van der Waals surface area contributed by atoms with Gasteiger partial charge < -0.3 is 10.2 Å². The highest BCUT2D eigenvalue weighted by molar-refractivity contribution is 7.92. The number of nitrogens with zero attached hydrogens (tertiary/aromatic N) is 3. The Hall–Kier alpha value is -3.96. The van der Waals surface area contributed by atoms with Gasteiger partial charge in [-0.25, -0.2) is 8.42 Å². The number of nitro groups is 1. The van der Waals surface area contributed by atoms with E-state index in [1.807, 2.05) is 6.92 Å². The summed E-state index contributed by atoms with van der Waals surface area (Å²) in [6.07, 6.45) is 1.63. The SMILES string of the molecule is CCCCNC(=O)[C@H](C)N(Cc1cccc(Cl)c1)C(=O)CN(c1cccc([N+](=O)[O-])c1)S(=O)(=O)c1ccccc1. The number of carbonyl (C=O) groups excluding carboxylic acids is 2. The van der Waals surface area contributed by atoms with Crippen molar-refractivity contribution >= 4 is 44.8 Å². The lowest BCUT2D eigenvalue weighted by Gasteiger charge is -2.32. The van der Waals surface area contributed by atoms with Crippen molar-refractivity contribution in [1.82, 2.24) is 10.2 Å². The third kappa shape index (κ3) is 7.80. The maximum Gasteiger partial charge on any atom is 0.271 e. The van der Waals surface area contributed by atoms with Crippen LogP contribution in [0.3, 0.4) is 0 Å². The highest BCUT2D eigenvalue weighted by atomic mass is 35.5. The fraction of sp³-hybridized carbons (Fsp3) is 0.286. The topological polar surface area (TPSA) is 130 Å². The van der Waals surface area contributed by atoms with Crippen LogP contribution >= 0.6 is 11.6 Å². The molecule has 3 aromatic carbocycles. The van der Waals surface area contributed by atoms with Gasteiger partial charge in [-0.3, -0.25) is 24.0 Å². The second kappa shape index (κ2) is 13.9. The molecule has 0 aliphatic heterocycles. The highest BCUT2D eigenvalue weighted by Gasteiger charge is 2.33. The van der Waals surface area contributed by atoms with Crippen molar-refractivity contribution in [3.63, 3.8) is 0 Å². The van der Waals surface area contributed by atoms with Gasteiger partial charge >= 0.3 is 0 Å². The quantitative estimate of drug-likeness (QED) is 0.174. The number of amides is 2. The molecular formula is C28H31ClN4O6S. The Labute approximate surface area is 238 Å². The fourth-order valence-electron chi connectivity index (χ4n) is 3.96. The molecule has 40 heavy (non-hydrogen) atoms. The first-order valence-corrected chi connectivity index (χ1v) is 14.5. The highest BCUT2D eigenvalue weighted by Crippen LogP contribution is 2.27. The number of nitrogens with one attached hydrogen (secondary N) is 1. The number of non-ortho nitro benzene ring substituents is 1. The first kappa shape index (κ1) is 30.6. The molecule has 0 aliphatic carbocycles. The monoisotopic (exact) mass is 586 g/mol. The molecule has 0 radical (unpaired) electrons. The summed E-state index contributed by atoms with van der Waals surface area (Å²) in [5.41, 5.74) is 0.244. The van der Waals surface area contributed by atoms with Crippen molar-refractivity contribution in [1.29, 1.82) is 0 Å². The molecule has 3 rings (SSSR count). The van der Waals surface area contributed by atoms with Crippen LogP contribution in [-0.2, 0) is 26.2 Å². The van der Waals surface area contributed by atoms with Crippen molar-refractivity contribution in [2.45, 2.75) is 44.2 Å². The number of benzene rings is 3. The van der Waals surface area contributed by atoms with Gasteiger partial charge in [-0.2, -0.15) is 0 Å². The number of carbonyl (C=O) groups is 2. The van der Waals surface area contributed by atoms with E-state index in [9.17, 15) is 28.1 Å². The molecule has 1 atom stereocenters. The molecule has 10 nitrogen and oxygen atoms in total. The number of hydrogen-bond donors (Lipinski definition) is 1. The zero-order valence-corrected chi connectivity index (χ0v) is 23.8. The molecule has 0 bridgehead atoms. The van der Waals surface area contributed by atoms with E-state index in [1.54, 1.807) is 37.3 Å². The third-order valence-electron chi connectivity index (χ3n) is 6.18. The molecule has 0 saturated carbocycles. The van der Waals surface area contributed by atoms with Crippen LogP contribution in [0.2, 0.25) is 5.02 Å². The van der Waals surface area contributed by atoms with Gasteiger partial charge in [-0.1, -0.05) is 61.3 Å². The largest absolute Gasteiger partial charge is 0.354 e. The summed E-state index contributed by atoms with van der Waals surface area (Å²) in [5, 5.41) is 14.7. The summed E-state index contributed by atoms with van der Waals surface area (Å²) in [7, 11) is -4.33. The van der Waals surface area contributed by atoms with Gasteiger partial charge in [0.1, 0.15) is 12.6 Å². The summed E-state index contributed by atoms with van der Waals surface area (Å²) < 4.78 is 28.3. The van der Waals surface area contributed by atoms with E-state index < -0.39 is 39.3 Å². The van der Waals surface area contributed by atoms with E-state index in [-0.39, 0.29) is 22.8 Å². The van der Waals surface area contributed by atoms with Crippen molar-refractivity contribution in [2.24, 2.45) is 0 Å². The Morgan fingerprint density at radius 1 is 1.02 bits per heavy atom. The normalized spacial score (nSPS) is 11.9. The maximum atomic E-state index is 13.9. The number of halogens is 1. The first-order valence-electron chi connectivity index (χ1n) is 12.7. The maximum absolute atomic E-state index is 13.9. The van der Waals surface area contributed by atoms with Gasteiger partial charge in [0.25, 0.3) is 15.7 Å². The number of unbranched alkanes of at least 4 members (excludes halogenated alkanes) is 1. The minimum absolute atomic E-state index is 0.0179. The predicted octanol–water partition coefficient (Wildman–Crippen LogP) is 4.78. The average molecular weight is 587 g/mol. The predicted molar refractivity (Wildman–Crippen MR) is 153 cm³/mol. The molecule has 0 aliphatic rings. The Balaban J connectivity index is 2.03. The Morgan fingerprint density at radius 3 is 2.38 bits per heavy atom. The molecule has 0 unspecified atom stereocenters. The zero-order chi connectivity index (χ0) is 29.3. The van der Waals surface area contributed by atoms with E-state index in [1.165, 1.54) is 47.4 Å². The molecule has 0 spiro atoms. The van der Waals surface area contributed by atoms with E-state index >= 15 is 0 Å². The second-order valence-corrected chi connectivity index (χ2v) is 11.4. The number of anilines is 1. The molecule has 0 aromatic heterocycles. The molecule has 1 N–H and O–H groups in total. The molecular weight excluding hydrogens is 556 g/mol. The Bertz CT molecular complexity index is 1450. The van der Waals surface area contributed by atoms with Gasteiger partial charge in [0.2, 0.25) is 11.8 Å². The Kier molecular flexibility index (Phi) is 10.6. The average Bonchev–Trinajstić information content (AvgIpc) is 2.94. The van der Waals surface area contributed by atoms with Crippen molar-refractivity contribution in [3.8, 4) is 0 Å². The lowest BCUT2D eigenvalue weighted by molar-refractivity contribution is -0.384. The smallest absolute Gasteiger partial charge is 0.271 e. The van der Waals surface area contributed by atoms with Crippen molar-refractivity contribution < 1.29 is 22.9 Å². The molecule has 12 heteroatoms. The molecule has 2 amide bonds. The van der Waals surface area contributed by atoms with Crippen LogP contribution in [0, 0.1) is 10.1 Å². The van der Waals surface area contributed by atoms with Crippen molar-refractivity contribution in [3.05, 3.63) is 99.6 Å². The van der Waals surface area contributed by atoms with Crippen LogP contribution in [0.1, 0.15) is 32.3 Å². The molecule has 0 heterocycles.